The van der Waals surface area contributed by atoms with Crippen LogP contribution in [0.15, 0.2) is 10.3 Å². The maximum Gasteiger partial charge on any atom is 0.407 e. The highest BCUT2D eigenvalue weighted by atomic mass is 32.2. The fourth-order valence-corrected chi connectivity index (χ4v) is 7.21. The largest absolute Gasteiger partial charge is 0.481 e. The molecule has 0 radical (unpaired) electrons. The number of oxime groups is 1. The Morgan fingerprint density at radius 3 is 2.70 bits per heavy atom. The van der Waals surface area contributed by atoms with Gasteiger partial charge in [-0.25, -0.2) is 9.48 Å². The molecule has 2 aliphatic heterocycles. The summed E-state index contributed by atoms with van der Waals surface area (Å²) in [6.45, 7) is 9.07. The number of carboxylic acid groups (broad SMARTS) is 1. The Bertz CT molecular complexity index is 1430. The molecule has 0 saturated carbocycles. The zero-order chi connectivity index (χ0) is 32.2. The van der Waals surface area contributed by atoms with Gasteiger partial charge in [0.2, 0.25) is 22.6 Å². The van der Waals surface area contributed by atoms with Crippen molar-refractivity contribution in [3.8, 4) is 0 Å². The Hall–Kier alpha value is -3.72. The highest BCUT2D eigenvalue weighted by Crippen LogP contribution is 2.44. The molecule has 44 heavy (non-hydrogen) atoms. The first-order valence-corrected chi connectivity index (χ1v) is 16.2. The lowest BCUT2D eigenvalue weighted by molar-refractivity contribution is -0.157. The van der Waals surface area contributed by atoms with Crippen LogP contribution in [0.4, 0.5) is 9.93 Å². The second-order valence-electron chi connectivity index (χ2n) is 11.2. The van der Waals surface area contributed by atoms with Gasteiger partial charge in [-0.3, -0.25) is 14.4 Å². The topological polar surface area (TPSA) is 242 Å². The van der Waals surface area contributed by atoms with E-state index in [1.165, 1.54) is 21.3 Å². The fraction of sp³-hybridized carbons (Fsp3) is 0.652. The van der Waals surface area contributed by atoms with Crippen molar-refractivity contribution >= 4 is 69.8 Å². The molecular weight excluding hydrogens is 639 g/mol. The molecule has 240 valence electrons. The molecule has 2 aromatic heterocycles. The van der Waals surface area contributed by atoms with Crippen LogP contribution in [-0.4, -0.2) is 117 Å². The molecule has 0 aliphatic carbocycles. The van der Waals surface area contributed by atoms with Crippen molar-refractivity contribution in [1.29, 1.82) is 0 Å². The summed E-state index contributed by atoms with van der Waals surface area (Å²) in [7, 11) is 0. The number of hydrogen-bond donors (Lipinski definition) is 4. The number of amides is 3. The first-order valence-electron chi connectivity index (χ1n) is 13.3. The van der Waals surface area contributed by atoms with Gasteiger partial charge in [0, 0.05) is 36.1 Å². The molecule has 4 heterocycles. The number of fused-ring (bicyclic) bond motifs is 1. The lowest BCUT2D eigenvalue weighted by Crippen LogP contribution is -2.74. The molecule has 0 spiro atoms. The highest BCUT2D eigenvalue weighted by molar-refractivity contribution is 8.00. The predicted molar refractivity (Wildman–Crippen MR) is 160 cm³/mol. The predicted octanol–water partition coefficient (Wildman–Crippen LogP) is 0.0238. The van der Waals surface area contributed by atoms with E-state index >= 15 is 0 Å². The van der Waals surface area contributed by atoms with E-state index in [9.17, 15) is 24.3 Å². The van der Waals surface area contributed by atoms with E-state index in [2.05, 4.69) is 40.7 Å². The number of ether oxygens (including phenoxy) is 1. The van der Waals surface area contributed by atoms with Crippen molar-refractivity contribution in [2.75, 3.05) is 30.3 Å². The molecule has 2 unspecified atom stereocenters. The van der Waals surface area contributed by atoms with E-state index in [-0.39, 0.29) is 53.9 Å². The summed E-state index contributed by atoms with van der Waals surface area (Å²) in [5, 5.41) is 30.9. The molecule has 0 bridgehead atoms. The van der Waals surface area contributed by atoms with Crippen LogP contribution in [0.25, 0.3) is 0 Å². The third-order valence-corrected chi connectivity index (χ3v) is 9.45. The SMILES string of the molecule is CC(C)ON=C(C(=O)NC1C(=O)N2CC(CSc3nnnn3CCNC(=O)OC(C)(C)C)(C(=O)O)CS[C@H]12)c1nsc(N)n1. The van der Waals surface area contributed by atoms with Crippen molar-refractivity contribution in [3.05, 3.63) is 5.82 Å². The number of β-lactam (4-membered cyclic amide) rings is 1. The minimum absolute atomic E-state index is 0.0320. The Balaban J connectivity index is 1.35. The molecule has 4 rings (SSSR count). The van der Waals surface area contributed by atoms with Crippen LogP contribution in [-0.2, 0) is 30.5 Å². The number of alkyl carbamates (subject to hydrolysis) is 1. The molecule has 2 fully saturated rings. The van der Waals surface area contributed by atoms with Gasteiger partial charge in [-0.1, -0.05) is 16.9 Å². The molecule has 2 saturated heterocycles. The summed E-state index contributed by atoms with van der Waals surface area (Å²) in [6, 6.07) is -0.906. The van der Waals surface area contributed by atoms with Gasteiger partial charge in [-0.05, 0) is 45.0 Å². The quantitative estimate of drug-likeness (QED) is 0.101. The summed E-state index contributed by atoms with van der Waals surface area (Å²) in [4.78, 5) is 61.3. The number of tetrazole rings is 1. The standard InChI is InChI=1S/C23H33N11O7S3/c1-11(2)41-29-12(14-27-19(24)44-30-14)15(35)26-13-16(36)33-8-23(18(37)38,9-42-17(13)33)10-43-20-28-31-32-34(20)7-6-25-21(39)40-22(3,4)5/h11,13,17H,6-10H2,1-5H3,(H,25,39)(H,26,35)(H,37,38)(H2,24,27,30)/t13?,17-,23?/m1/s1. The van der Waals surface area contributed by atoms with E-state index in [0.29, 0.717) is 5.16 Å². The van der Waals surface area contributed by atoms with Crippen LogP contribution in [0.3, 0.4) is 0 Å². The number of carbonyl (C=O) groups excluding carboxylic acids is 3. The van der Waals surface area contributed by atoms with Crippen LogP contribution in [0.2, 0.25) is 0 Å². The van der Waals surface area contributed by atoms with Crippen molar-refractivity contribution in [1.82, 2.24) is 45.1 Å². The molecule has 3 amide bonds. The van der Waals surface area contributed by atoms with Crippen molar-refractivity contribution in [2.24, 2.45) is 10.6 Å². The third-order valence-electron chi connectivity index (χ3n) is 6.08. The number of aliphatic carboxylic acids is 1. The molecule has 2 aliphatic rings. The number of nitrogens with two attached hydrogens (primary N) is 1. The van der Waals surface area contributed by atoms with E-state index < -0.39 is 46.3 Å². The number of aromatic nitrogens is 6. The van der Waals surface area contributed by atoms with Gasteiger partial charge in [0.1, 0.15) is 28.5 Å². The Morgan fingerprint density at radius 1 is 1.32 bits per heavy atom. The minimum Gasteiger partial charge on any atom is -0.481 e. The summed E-state index contributed by atoms with van der Waals surface area (Å²) in [5.41, 5.74) is 3.49. The minimum atomic E-state index is -1.30. The van der Waals surface area contributed by atoms with Crippen LogP contribution < -0.4 is 16.4 Å². The van der Waals surface area contributed by atoms with E-state index in [1.54, 1.807) is 34.6 Å². The van der Waals surface area contributed by atoms with Gasteiger partial charge >= 0.3 is 12.1 Å². The summed E-state index contributed by atoms with van der Waals surface area (Å²) in [6.07, 6.45) is -0.909. The zero-order valence-electron chi connectivity index (χ0n) is 24.5. The Kier molecular flexibility index (Phi) is 10.2. The van der Waals surface area contributed by atoms with Crippen molar-refractivity contribution in [3.63, 3.8) is 0 Å². The number of carboxylic acids is 1. The number of anilines is 1. The number of thioether (sulfide) groups is 2. The van der Waals surface area contributed by atoms with Crippen LogP contribution in [0, 0.1) is 5.41 Å². The average molecular weight is 672 g/mol. The number of rotatable bonds is 12. The van der Waals surface area contributed by atoms with Gasteiger partial charge in [-0.2, -0.15) is 9.36 Å². The second-order valence-corrected chi connectivity index (χ2v) is 14.0. The molecular formula is C23H33N11O7S3. The van der Waals surface area contributed by atoms with Crippen LogP contribution in [0.5, 0.6) is 0 Å². The normalized spacial score (nSPS) is 21.8. The van der Waals surface area contributed by atoms with Gasteiger partial charge in [0.25, 0.3) is 5.91 Å². The lowest BCUT2D eigenvalue weighted by Gasteiger charge is -2.53. The maximum absolute atomic E-state index is 13.1. The third kappa shape index (κ3) is 7.86. The smallest absolute Gasteiger partial charge is 0.407 e. The maximum atomic E-state index is 13.1. The molecule has 0 aromatic carbocycles. The van der Waals surface area contributed by atoms with Crippen molar-refractivity contribution in [2.45, 2.75) is 69.4 Å². The number of nitrogen functional groups attached to an aromatic ring is 1. The summed E-state index contributed by atoms with van der Waals surface area (Å²) >= 11 is 3.27. The lowest BCUT2D eigenvalue weighted by atomic mass is 9.89. The van der Waals surface area contributed by atoms with Gasteiger partial charge in [-0.15, -0.1) is 16.9 Å². The number of carbonyl (C=O) groups is 4. The van der Waals surface area contributed by atoms with E-state index in [4.69, 9.17) is 15.3 Å². The van der Waals surface area contributed by atoms with E-state index in [1.807, 2.05) is 0 Å². The Morgan fingerprint density at radius 2 is 2.07 bits per heavy atom. The van der Waals surface area contributed by atoms with Crippen molar-refractivity contribution < 1.29 is 33.9 Å². The molecule has 5 N–H and O–H groups in total. The molecule has 3 atom stereocenters. The number of nitrogens with one attached hydrogen (secondary N) is 2. The summed E-state index contributed by atoms with van der Waals surface area (Å²) in [5.74, 6) is -2.02. The zero-order valence-corrected chi connectivity index (χ0v) is 27.0. The summed E-state index contributed by atoms with van der Waals surface area (Å²) < 4.78 is 10.7. The van der Waals surface area contributed by atoms with Crippen LogP contribution >= 0.6 is 35.1 Å². The second kappa shape index (κ2) is 13.5. The molecule has 2 aromatic rings. The van der Waals surface area contributed by atoms with Crippen LogP contribution in [0.1, 0.15) is 40.4 Å². The highest BCUT2D eigenvalue weighted by Gasteiger charge is 2.57. The van der Waals surface area contributed by atoms with Gasteiger partial charge in [0.05, 0.1) is 6.54 Å². The van der Waals surface area contributed by atoms with E-state index in [0.717, 1.165) is 23.3 Å². The van der Waals surface area contributed by atoms with Gasteiger partial charge < -0.3 is 35.9 Å². The monoisotopic (exact) mass is 671 g/mol. The number of hydrogen-bond acceptors (Lipinski definition) is 16. The van der Waals surface area contributed by atoms with Gasteiger partial charge in [0.15, 0.2) is 5.13 Å². The first-order chi connectivity index (χ1) is 20.7. The number of nitrogens with zero attached hydrogens (tertiary/aromatic N) is 8. The average Bonchev–Trinajstić information content (AvgIpc) is 3.57. The fourth-order valence-electron chi connectivity index (χ4n) is 4.01. The first kappa shape index (κ1) is 33.2. The Labute approximate surface area is 264 Å². The molecule has 21 heteroatoms. The molecule has 18 nitrogen and oxygen atoms in total.